The average Bonchev–Trinajstić information content (AvgIpc) is 2.67. The molecule has 18 heavy (non-hydrogen) atoms. The van der Waals surface area contributed by atoms with E-state index in [0.717, 1.165) is 0 Å². The smallest absolute Gasteiger partial charge is 0.0489 e. The van der Waals surface area contributed by atoms with Gasteiger partial charge in [0.05, 0.1) is 0 Å². The minimum atomic E-state index is 1.28. The molecule has 3 aromatic rings. The summed E-state index contributed by atoms with van der Waals surface area (Å²) in [5.74, 6) is 0. The molecule has 0 saturated carbocycles. The number of para-hydroxylation sites is 1. The highest BCUT2D eigenvalue weighted by Crippen LogP contribution is 2.34. The Kier molecular flexibility index (Phi) is 2.88. The number of hydrogen-bond donors (Lipinski definition) is 0. The van der Waals surface area contributed by atoms with Gasteiger partial charge in [0.2, 0.25) is 0 Å². The second-order valence-electron chi connectivity index (χ2n) is 4.54. The van der Waals surface area contributed by atoms with Crippen molar-refractivity contribution in [2.45, 2.75) is 16.7 Å². The molecule has 2 heteroatoms. The highest BCUT2D eigenvalue weighted by Gasteiger charge is 2.07. The molecular weight excluding hydrogens is 238 g/mol. The fraction of sp³-hybridized carbons (Fsp3) is 0.125. The first-order valence-corrected chi connectivity index (χ1v) is 6.84. The summed E-state index contributed by atoms with van der Waals surface area (Å²) >= 11 is 1.83. The lowest BCUT2D eigenvalue weighted by Gasteiger charge is -2.01. The average molecular weight is 253 g/mol. The van der Waals surface area contributed by atoms with E-state index in [9.17, 15) is 0 Å². The maximum absolute atomic E-state index is 2.23. The number of aryl methyl sites for hydroxylation is 2. The van der Waals surface area contributed by atoms with Crippen molar-refractivity contribution >= 4 is 22.7 Å². The molecule has 0 amide bonds. The Morgan fingerprint density at radius 2 is 1.83 bits per heavy atom. The van der Waals surface area contributed by atoms with Gasteiger partial charge in [-0.2, -0.15) is 0 Å². The van der Waals surface area contributed by atoms with Gasteiger partial charge < -0.3 is 4.57 Å². The molecule has 0 atom stereocenters. The van der Waals surface area contributed by atoms with Crippen LogP contribution in [0.2, 0.25) is 0 Å². The number of rotatable bonds is 2. The molecule has 90 valence electrons. The molecule has 0 unspecified atom stereocenters. The summed E-state index contributed by atoms with van der Waals surface area (Å²) in [4.78, 5) is 2.62. The van der Waals surface area contributed by atoms with Crippen molar-refractivity contribution in [1.82, 2.24) is 4.57 Å². The van der Waals surface area contributed by atoms with E-state index < -0.39 is 0 Å². The monoisotopic (exact) mass is 253 g/mol. The lowest BCUT2D eigenvalue weighted by atomic mass is 10.2. The third kappa shape index (κ3) is 2.04. The van der Waals surface area contributed by atoms with Gasteiger partial charge in [0, 0.05) is 33.9 Å². The molecule has 1 heterocycles. The Morgan fingerprint density at radius 3 is 2.67 bits per heavy atom. The molecule has 0 bridgehead atoms. The van der Waals surface area contributed by atoms with E-state index in [1.807, 2.05) is 11.8 Å². The first-order valence-electron chi connectivity index (χ1n) is 6.02. The first-order chi connectivity index (χ1) is 8.74. The molecule has 0 saturated heterocycles. The van der Waals surface area contributed by atoms with Gasteiger partial charge in [0.1, 0.15) is 0 Å². The Bertz CT molecular complexity index is 697. The van der Waals surface area contributed by atoms with E-state index in [2.05, 4.69) is 73.3 Å². The highest BCUT2D eigenvalue weighted by molar-refractivity contribution is 7.99. The topological polar surface area (TPSA) is 4.93 Å². The van der Waals surface area contributed by atoms with Crippen LogP contribution in [0.4, 0.5) is 0 Å². The van der Waals surface area contributed by atoms with E-state index >= 15 is 0 Å². The Morgan fingerprint density at radius 1 is 1.00 bits per heavy atom. The fourth-order valence-electron chi connectivity index (χ4n) is 2.19. The van der Waals surface area contributed by atoms with Crippen LogP contribution in [0.1, 0.15) is 5.56 Å². The summed E-state index contributed by atoms with van der Waals surface area (Å²) in [5.41, 5.74) is 2.59. The van der Waals surface area contributed by atoms with Crippen molar-refractivity contribution in [3.05, 3.63) is 60.3 Å². The van der Waals surface area contributed by atoms with Gasteiger partial charge in [-0.3, -0.25) is 0 Å². The quantitative estimate of drug-likeness (QED) is 0.644. The summed E-state index contributed by atoms with van der Waals surface area (Å²) in [7, 11) is 2.10. The third-order valence-corrected chi connectivity index (χ3v) is 4.11. The summed E-state index contributed by atoms with van der Waals surface area (Å²) in [6.45, 7) is 2.13. The van der Waals surface area contributed by atoms with Crippen molar-refractivity contribution in [2.24, 2.45) is 7.05 Å². The zero-order valence-corrected chi connectivity index (χ0v) is 11.4. The second kappa shape index (κ2) is 4.54. The van der Waals surface area contributed by atoms with Crippen molar-refractivity contribution in [3.63, 3.8) is 0 Å². The van der Waals surface area contributed by atoms with E-state index in [0.29, 0.717) is 0 Å². The van der Waals surface area contributed by atoms with Crippen molar-refractivity contribution in [1.29, 1.82) is 0 Å². The van der Waals surface area contributed by atoms with Crippen LogP contribution in [-0.2, 0) is 7.05 Å². The molecule has 0 spiro atoms. The van der Waals surface area contributed by atoms with Crippen LogP contribution in [-0.4, -0.2) is 4.57 Å². The maximum Gasteiger partial charge on any atom is 0.0489 e. The SMILES string of the molecule is Cc1cccc(Sc2cn(C)c3ccccc23)c1. The third-order valence-electron chi connectivity index (χ3n) is 3.08. The van der Waals surface area contributed by atoms with Crippen LogP contribution in [0.25, 0.3) is 10.9 Å². The van der Waals surface area contributed by atoms with Gasteiger partial charge in [-0.15, -0.1) is 0 Å². The molecule has 1 nitrogen and oxygen atoms in total. The largest absolute Gasteiger partial charge is 0.349 e. The van der Waals surface area contributed by atoms with Crippen molar-refractivity contribution in [2.75, 3.05) is 0 Å². The standard InChI is InChI=1S/C16H15NS/c1-12-6-5-7-13(10-12)18-16-11-17(2)15-9-4-3-8-14(15)16/h3-11H,1-2H3. The summed E-state index contributed by atoms with van der Waals surface area (Å²) in [6, 6.07) is 17.2. The molecule has 0 fully saturated rings. The van der Waals surface area contributed by atoms with E-state index in [-0.39, 0.29) is 0 Å². The molecule has 1 aromatic heterocycles. The van der Waals surface area contributed by atoms with E-state index in [4.69, 9.17) is 0 Å². The van der Waals surface area contributed by atoms with Crippen LogP contribution in [0.5, 0.6) is 0 Å². The fourth-order valence-corrected chi connectivity index (χ4v) is 3.33. The zero-order chi connectivity index (χ0) is 12.5. The summed E-state index contributed by atoms with van der Waals surface area (Å²) < 4.78 is 2.19. The molecule has 2 aromatic carbocycles. The molecular formula is C16H15NS. The van der Waals surface area contributed by atoms with Gasteiger partial charge in [-0.25, -0.2) is 0 Å². The normalized spacial score (nSPS) is 11.0. The van der Waals surface area contributed by atoms with Gasteiger partial charge in [0.25, 0.3) is 0 Å². The number of hydrogen-bond acceptors (Lipinski definition) is 1. The Balaban J connectivity index is 2.05. The van der Waals surface area contributed by atoms with Crippen molar-refractivity contribution in [3.8, 4) is 0 Å². The van der Waals surface area contributed by atoms with E-state index in [1.54, 1.807) is 0 Å². The zero-order valence-electron chi connectivity index (χ0n) is 10.6. The molecule has 3 rings (SSSR count). The summed E-state index contributed by atoms with van der Waals surface area (Å²) in [6.07, 6.45) is 2.21. The number of fused-ring (bicyclic) bond motifs is 1. The van der Waals surface area contributed by atoms with Crippen LogP contribution >= 0.6 is 11.8 Å². The lowest BCUT2D eigenvalue weighted by Crippen LogP contribution is -1.81. The Hall–Kier alpha value is -1.67. The van der Waals surface area contributed by atoms with Gasteiger partial charge in [-0.1, -0.05) is 47.7 Å². The lowest BCUT2D eigenvalue weighted by molar-refractivity contribution is 0.957. The second-order valence-corrected chi connectivity index (χ2v) is 5.66. The number of nitrogens with zero attached hydrogens (tertiary/aromatic N) is 1. The van der Waals surface area contributed by atoms with Crippen LogP contribution in [0, 0.1) is 6.92 Å². The van der Waals surface area contributed by atoms with Crippen LogP contribution in [0.15, 0.2) is 64.5 Å². The van der Waals surface area contributed by atoms with Gasteiger partial charge >= 0.3 is 0 Å². The minimum absolute atomic E-state index is 1.28. The number of benzene rings is 2. The number of aromatic nitrogens is 1. The Labute approximate surface area is 111 Å². The first kappa shape index (κ1) is 11.4. The molecule has 0 N–H and O–H groups in total. The van der Waals surface area contributed by atoms with Crippen molar-refractivity contribution < 1.29 is 0 Å². The molecule has 0 radical (unpaired) electrons. The van der Waals surface area contributed by atoms with Crippen LogP contribution < -0.4 is 0 Å². The minimum Gasteiger partial charge on any atom is -0.349 e. The van der Waals surface area contributed by atoms with Crippen LogP contribution in [0.3, 0.4) is 0 Å². The van der Waals surface area contributed by atoms with Gasteiger partial charge in [0.15, 0.2) is 0 Å². The van der Waals surface area contributed by atoms with E-state index in [1.165, 1.54) is 26.3 Å². The predicted molar refractivity (Wildman–Crippen MR) is 78.2 cm³/mol. The summed E-state index contributed by atoms with van der Waals surface area (Å²) in [5, 5.41) is 1.33. The predicted octanol–water partition coefficient (Wildman–Crippen LogP) is 4.64. The molecule has 0 aliphatic carbocycles. The maximum atomic E-state index is 2.23. The van der Waals surface area contributed by atoms with Gasteiger partial charge in [-0.05, 0) is 25.1 Å². The molecule has 0 aliphatic rings. The highest BCUT2D eigenvalue weighted by atomic mass is 32.2. The molecule has 0 aliphatic heterocycles.